The van der Waals surface area contributed by atoms with E-state index in [4.69, 9.17) is 4.74 Å². The molecule has 0 aliphatic heterocycles. The lowest BCUT2D eigenvalue weighted by atomic mass is 10.0. The first-order chi connectivity index (χ1) is 9.01. The van der Waals surface area contributed by atoms with Gasteiger partial charge in [-0.15, -0.1) is 0 Å². The minimum absolute atomic E-state index is 0.508. The molecule has 0 saturated carbocycles. The Bertz CT molecular complexity index is 433. The maximum absolute atomic E-state index is 5.44. The fourth-order valence-corrected chi connectivity index (χ4v) is 2.08. The largest absolute Gasteiger partial charge is 0.481 e. The summed E-state index contributed by atoms with van der Waals surface area (Å²) in [6.07, 6.45) is 3.37. The van der Waals surface area contributed by atoms with Crippen molar-refractivity contribution in [3.8, 4) is 5.88 Å². The summed E-state index contributed by atoms with van der Waals surface area (Å²) in [7, 11) is 3.60. The van der Waals surface area contributed by atoms with Gasteiger partial charge in [-0.05, 0) is 31.9 Å². The molecule has 4 heteroatoms. The van der Waals surface area contributed by atoms with E-state index in [1.54, 1.807) is 11.8 Å². The summed E-state index contributed by atoms with van der Waals surface area (Å²) in [6, 6.07) is 0. The fourth-order valence-electron chi connectivity index (χ4n) is 2.08. The molecule has 0 aromatic carbocycles. The van der Waals surface area contributed by atoms with Gasteiger partial charge < -0.3 is 10.1 Å². The third kappa shape index (κ3) is 4.10. The Balaban J connectivity index is 3.01. The van der Waals surface area contributed by atoms with Crippen LogP contribution in [0, 0.1) is 12.8 Å². The average molecular weight is 265 g/mol. The van der Waals surface area contributed by atoms with E-state index in [9.17, 15) is 0 Å². The molecule has 0 aliphatic rings. The number of hydrogen-bond acceptors (Lipinski definition) is 3. The molecular formula is C15H27N3O. The van der Waals surface area contributed by atoms with Crippen molar-refractivity contribution in [3.63, 3.8) is 0 Å². The van der Waals surface area contributed by atoms with Crippen molar-refractivity contribution < 1.29 is 4.74 Å². The lowest BCUT2D eigenvalue weighted by Crippen LogP contribution is -2.20. The average Bonchev–Trinajstić information content (AvgIpc) is 2.62. The molecule has 1 aromatic heterocycles. The lowest BCUT2D eigenvalue weighted by molar-refractivity contribution is 0.372. The topological polar surface area (TPSA) is 39.1 Å². The van der Waals surface area contributed by atoms with Gasteiger partial charge in [0.2, 0.25) is 5.88 Å². The van der Waals surface area contributed by atoms with Gasteiger partial charge in [0, 0.05) is 13.6 Å². The number of rotatable bonds is 7. The number of methoxy groups -OCH3 is 1. The van der Waals surface area contributed by atoms with E-state index in [0.29, 0.717) is 5.92 Å². The Hall–Kier alpha value is -1.29. The molecule has 1 N–H and O–H groups in total. The highest BCUT2D eigenvalue weighted by Crippen LogP contribution is 2.25. The van der Waals surface area contributed by atoms with Gasteiger partial charge in [0.25, 0.3) is 0 Å². The zero-order valence-corrected chi connectivity index (χ0v) is 13.1. The van der Waals surface area contributed by atoms with Crippen molar-refractivity contribution in [2.75, 3.05) is 20.2 Å². The molecule has 108 valence electrons. The summed E-state index contributed by atoms with van der Waals surface area (Å²) in [6.45, 7) is 10.6. The molecule has 0 spiro atoms. The van der Waals surface area contributed by atoms with Gasteiger partial charge in [0.1, 0.15) is 0 Å². The van der Waals surface area contributed by atoms with Gasteiger partial charge in [0.15, 0.2) is 0 Å². The highest BCUT2D eigenvalue weighted by atomic mass is 16.5. The highest BCUT2D eigenvalue weighted by molar-refractivity contribution is 5.61. The van der Waals surface area contributed by atoms with E-state index < -0.39 is 0 Å². The molecule has 1 heterocycles. The van der Waals surface area contributed by atoms with Crippen LogP contribution in [0.2, 0.25) is 0 Å². The molecule has 0 atom stereocenters. The number of nitrogens with zero attached hydrogens (tertiary/aromatic N) is 2. The zero-order chi connectivity index (χ0) is 14.4. The quantitative estimate of drug-likeness (QED) is 0.771. The van der Waals surface area contributed by atoms with Gasteiger partial charge in [-0.1, -0.05) is 26.3 Å². The Morgan fingerprint density at radius 3 is 2.68 bits per heavy atom. The van der Waals surface area contributed by atoms with E-state index in [2.05, 4.69) is 37.3 Å². The molecule has 0 bridgehead atoms. The summed E-state index contributed by atoms with van der Waals surface area (Å²) in [5.74, 6) is 1.33. The second-order valence-corrected chi connectivity index (χ2v) is 5.18. The van der Waals surface area contributed by atoms with Crippen molar-refractivity contribution in [2.45, 2.75) is 34.1 Å². The third-order valence-electron chi connectivity index (χ3n) is 3.23. The number of nitrogens with one attached hydrogen (secondary N) is 1. The molecule has 0 unspecified atom stereocenters. The SMILES string of the molecule is CCCNCC(=Cc1c(C)nn(C)c1OC)C(C)C. The van der Waals surface area contributed by atoms with E-state index >= 15 is 0 Å². The van der Waals surface area contributed by atoms with Crippen LogP contribution in [0.15, 0.2) is 5.57 Å². The Kier molecular flexibility index (Phi) is 6.09. The summed E-state index contributed by atoms with van der Waals surface area (Å²) in [5, 5.41) is 7.88. The van der Waals surface area contributed by atoms with Gasteiger partial charge in [-0.3, -0.25) is 0 Å². The molecule has 0 fully saturated rings. The molecule has 0 radical (unpaired) electrons. The van der Waals surface area contributed by atoms with Crippen LogP contribution in [0.1, 0.15) is 38.4 Å². The van der Waals surface area contributed by atoms with Crippen molar-refractivity contribution in [3.05, 3.63) is 16.8 Å². The smallest absolute Gasteiger partial charge is 0.218 e. The minimum atomic E-state index is 0.508. The van der Waals surface area contributed by atoms with Crippen LogP contribution in [0.25, 0.3) is 6.08 Å². The molecule has 0 amide bonds. The Morgan fingerprint density at radius 1 is 1.47 bits per heavy atom. The molecular weight excluding hydrogens is 238 g/mol. The van der Waals surface area contributed by atoms with Gasteiger partial charge in [-0.2, -0.15) is 5.10 Å². The second kappa shape index (κ2) is 7.34. The minimum Gasteiger partial charge on any atom is -0.481 e. The first kappa shape index (κ1) is 15.8. The van der Waals surface area contributed by atoms with Crippen molar-refractivity contribution in [2.24, 2.45) is 13.0 Å². The van der Waals surface area contributed by atoms with E-state index in [-0.39, 0.29) is 0 Å². The first-order valence-electron chi connectivity index (χ1n) is 7.00. The number of hydrogen-bond donors (Lipinski definition) is 1. The number of ether oxygens (including phenoxy) is 1. The molecule has 1 rings (SSSR count). The van der Waals surface area contributed by atoms with Crippen LogP contribution in [0.3, 0.4) is 0 Å². The summed E-state index contributed by atoms with van der Waals surface area (Å²) in [5.41, 5.74) is 3.47. The number of aryl methyl sites for hydroxylation is 2. The Morgan fingerprint density at radius 2 is 2.16 bits per heavy atom. The van der Waals surface area contributed by atoms with Gasteiger partial charge in [0.05, 0.1) is 18.4 Å². The zero-order valence-electron chi connectivity index (χ0n) is 13.1. The predicted octanol–water partition coefficient (Wildman–Crippen LogP) is 2.78. The molecule has 0 saturated heterocycles. The summed E-state index contributed by atoms with van der Waals surface area (Å²) < 4.78 is 7.23. The van der Waals surface area contributed by atoms with Crippen LogP contribution in [0.4, 0.5) is 0 Å². The van der Waals surface area contributed by atoms with Crippen LogP contribution < -0.4 is 10.1 Å². The van der Waals surface area contributed by atoms with Gasteiger partial charge in [-0.25, -0.2) is 4.68 Å². The van der Waals surface area contributed by atoms with Crippen molar-refractivity contribution >= 4 is 6.08 Å². The van der Waals surface area contributed by atoms with E-state index in [1.807, 2.05) is 14.0 Å². The Labute approximate surface area is 116 Å². The third-order valence-corrected chi connectivity index (χ3v) is 3.23. The maximum atomic E-state index is 5.44. The van der Waals surface area contributed by atoms with E-state index in [0.717, 1.165) is 36.6 Å². The molecule has 1 aromatic rings. The normalized spacial score (nSPS) is 12.3. The maximum Gasteiger partial charge on any atom is 0.218 e. The predicted molar refractivity (Wildman–Crippen MR) is 80.5 cm³/mol. The monoisotopic (exact) mass is 265 g/mol. The van der Waals surface area contributed by atoms with Crippen LogP contribution >= 0.6 is 0 Å². The van der Waals surface area contributed by atoms with Crippen LogP contribution in [-0.4, -0.2) is 30.0 Å². The van der Waals surface area contributed by atoms with Gasteiger partial charge >= 0.3 is 0 Å². The lowest BCUT2D eigenvalue weighted by Gasteiger charge is -2.13. The number of aromatic nitrogens is 2. The fraction of sp³-hybridized carbons (Fsp3) is 0.667. The summed E-state index contributed by atoms with van der Waals surface area (Å²) >= 11 is 0. The van der Waals surface area contributed by atoms with Crippen molar-refractivity contribution in [1.82, 2.24) is 15.1 Å². The first-order valence-corrected chi connectivity index (χ1v) is 7.00. The molecule has 19 heavy (non-hydrogen) atoms. The standard InChI is InChI=1S/C15H27N3O/c1-7-8-16-10-13(11(2)3)9-14-12(4)17-18(5)15(14)19-6/h9,11,16H,7-8,10H2,1-6H3. The van der Waals surface area contributed by atoms with E-state index in [1.165, 1.54) is 5.57 Å². The highest BCUT2D eigenvalue weighted by Gasteiger charge is 2.13. The van der Waals surface area contributed by atoms with Crippen LogP contribution in [0.5, 0.6) is 5.88 Å². The molecule has 4 nitrogen and oxygen atoms in total. The second-order valence-electron chi connectivity index (χ2n) is 5.18. The summed E-state index contributed by atoms with van der Waals surface area (Å²) in [4.78, 5) is 0. The molecule has 0 aliphatic carbocycles. The van der Waals surface area contributed by atoms with Crippen LogP contribution in [-0.2, 0) is 7.05 Å². The van der Waals surface area contributed by atoms with Crippen molar-refractivity contribution in [1.29, 1.82) is 0 Å².